The second-order valence-corrected chi connectivity index (χ2v) is 3.27. The van der Waals surface area contributed by atoms with Crippen LogP contribution in [0.15, 0.2) is 18.2 Å². The smallest absolute Gasteiger partial charge is 0.130 e. The van der Waals surface area contributed by atoms with Crippen molar-refractivity contribution in [3.05, 3.63) is 29.6 Å². The van der Waals surface area contributed by atoms with E-state index < -0.39 is 0 Å². The fraction of sp³-hybridized carbons (Fsp3) is 0.250. The Balaban J connectivity index is 3.09. The normalized spacial score (nSPS) is 11.1. The van der Waals surface area contributed by atoms with Crippen LogP contribution in [0.3, 0.4) is 0 Å². The van der Waals surface area contributed by atoms with Crippen molar-refractivity contribution >= 4 is 13.9 Å². The lowest BCUT2D eigenvalue weighted by atomic mass is 10.2. The maximum absolute atomic E-state index is 12.8. The number of benzene rings is 1. The molecule has 0 N–H and O–H groups in total. The minimum absolute atomic E-state index is 0.0774. The Labute approximate surface area is 62.2 Å². The molecule has 1 atom stereocenters. The maximum Gasteiger partial charge on any atom is 0.130 e. The lowest BCUT2D eigenvalue weighted by Crippen LogP contribution is -2.00. The zero-order valence-corrected chi connectivity index (χ0v) is 7.11. The first-order valence-electron chi connectivity index (χ1n) is 3.18. The summed E-state index contributed by atoms with van der Waals surface area (Å²) in [5.74, 6) is -0.0774. The summed E-state index contributed by atoms with van der Waals surface area (Å²) in [5, 5.41) is 0.833. The highest BCUT2D eigenvalue weighted by Crippen LogP contribution is 2.09. The average molecular weight is 156 g/mol. The SMILES string of the molecule is CPc1cc(C)ccc1F. The zero-order chi connectivity index (χ0) is 7.56. The van der Waals surface area contributed by atoms with Gasteiger partial charge in [-0.15, -0.1) is 0 Å². The molecule has 1 rings (SSSR count). The molecule has 0 saturated carbocycles. The molecule has 2 heteroatoms. The highest BCUT2D eigenvalue weighted by Gasteiger charge is 1.97. The fourth-order valence-electron chi connectivity index (χ4n) is 0.831. The molecule has 1 aromatic carbocycles. The largest absolute Gasteiger partial charge is 0.206 e. The van der Waals surface area contributed by atoms with E-state index in [0.717, 1.165) is 10.9 Å². The Morgan fingerprint density at radius 1 is 1.40 bits per heavy atom. The van der Waals surface area contributed by atoms with Gasteiger partial charge >= 0.3 is 0 Å². The van der Waals surface area contributed by atoms with E-state index in [2.05, 4.69) is 0 Å². The number of hydrogen-bond acceptors (Lipinski definition) is 0. The molecule has 0 aliphatic heterocycles. The quantitative estimate of drug-likeness (QED) is 0.546. The van der Waals surface area contributed by atoms with Gasteiger partial charge in [-0.1, -0.05) is 20.2 Å². The monoisotopic (exact) mass is 156 g/mol. The number of hydrogen-bond donors (Lipinski definition) is 0. The van der Waals surface area contributed by atoms with Gasteiger partial charge < -0.3 is 0 Å². The molecule has 0 saturated heterocycles. The van der Waals surface area contributed by atoms with Crippen LogP contribution < -0.4 is 5.30 Å². The molecule has 1 aromatic rings. The van der Waals surface area contributed by atoms with Gasteiger partial charge in [-0.2, -0.15) is 0 Å². The van der Waals surface area contributed by atoms with E-state index in [-0.39, 0.29) is 5.82 Å². The van der Waals surface area contributed by atoms with Gasteiger partial charge in [0.05, 0.1) is 0 Å². The van der Waals surface area contributed by atoms with Crippen molar-refractivity contribution in [1.29, 1.82) is 0 Å². The molecule has 1 unspecified atom stereocenters. The summed E-state index contributed by atoms with van der Waals surface area (Å²) in [4.78, 5) is 0. The summed E-state index contributed by atoms with van der Waals surface area (Å²) in [5.41, 5.74) is 1.13. The van der Waals surface area contributed by atoms with Gasteiger partial charge in [0.25, 0.3) is 0 Å². The zero-order valence-electron chi connectivity index (χ0n) is 6.11. The van der Waals surface area contributed by atoms with Crippen LogP contribution in [0.1, 0.15) is 5.56 Å². The van der Waals surface area contributed by atoms with Gasteiger partial charge in [0.15, 0.2) is 0 Å². The molecule has 0 aromatic heterocycles. The Hall–Kier alpha value is -0.420. The van der Waals surface area contributed by atoms with Gasteiger partial charge in [0.1, 0.15) is 5.82 Å². The molecular weight excluding hydrogens is 146 g/mol. The van der Waals surface area contributed by atoms with Crippen molar-refractivity contribution in [2.24, 2.45) is 0 Å². The summed E-state index contributed by atoms with van der Waals surface area (Å²) in [6, 6.07) is 5.22. The van der Waals surface area contributed by atoms with Gasteiger partial charge in [0.2, 0.25) is 0 Å². The van der Waals surface area contributed by atoms with Crippen LogP contribution in [-0.2, 0) is 0 Å². The number of rotatable bonds is 1. The van der Waals surface area contributed by atoms with Crippen molar-refractivity contribution in [3.63, 3.8) is 0 Å². The van der Waals surface area contributed by atoms with Gasteiger partial charge in [0, 0.05) is 5.30 Å². The molecule has 0 bridgehead atoms. The molecule has 0 fully saturated rings. The summed E-state index contributed by atoms with van der Waals surface area (Å²) < 4.78 is 12.8. The number of aryl methyl sites for hydroxylation is 1. The maximum atomic E-state index is 12.8. The van der Waals surface area contributed by atoms with E-state index in [1.807, 2.05) is 19.7 Å². The highest BCUT2D eigenvalue weighted by molar-refractivity contribution is 7.46. The van der Waals surface area contributed by atoms with E-state index in [9.17, 15) is 4.39 Å². The van der Waals surface area contributed by atoms with E-state index in [4.69, 9.17) is 0 Å². The second-order valence-electron chi connectivity index (χ2n) is 2.23. The van der Waals surface area contributed by atoms with Crippen molar-refractivity contribution < 1.29 is 4.39 Å². The highest BCUT2D eigenvalue weighted by atomic mass is 31.1. The van der Waals surface area contributed by atoms with E-state index in [0.29, 0.717) is 8.58 Å². The Morgan fingerprint density at radius 2 is 2.10 bits per heavy atom. The first-order chi connectivity index (χ1) is 4.74. The Kier molecular flexibility index (Phi) is 2.39. The molecule has 0 heterocycles. The molecule has 0 nitrogen and oxygen atoms in total. The van der Waals surface area contributed by atoms with Crippen LogP contribution in [0.4, 0.5) is 4.39 Å². The molecule has 0 spiro atoms. The summed E-state index contributed by atoms with van der Waals surface area (Å²) >= 11 is 0. The van der Waals surface area contributed by atoms with Crippen molar-refractivity contribution in [2.75, 3.05) is 6.66 Å². The molecular formula is C8H10FP. The lowest BCUT2D eigenvalue weighted by molar-refractivity contribution is 0.636. The minimum atomic E-state index is -0.0774. The van der Waals surface area contributed by atoms with Crippen molar-refractivity contribution in [3.8, 4) is 0 Å². The molecule has 54 valence electrons. The second kappa shape index (κ2) is 3.12. The summed E-state index contributed by atoms with van der Waals surface area (Å²) in [7, 11) is 0.550. The minimum Gasteiger partial charge on any atom is -0.206 e. The third kappa shape index (κ3) is 1.54. The van der Waals surface area contributed by atoms with Crippen molar-refractivity contribution in [1.82, 2.24) is 0 Å². The van der Waals surface area contributed by atoms with Gasteiger partial charge in [-0.25, -0.2) is 4.39 Å². The lowest BCUT2D eigenvalue weighted by Gasteiger charge is -1.99. The third-order valence-electron chi connectivity index (χ3n) is 1.39. The van der Waals surface area contributed by atoms with E-state index in [1.165, 1.54) is 6.07 Å². The standard InChI is InChI=1S/C8H10FP/c1-6-3-4-7(9)8(5-6)10-2/h3-5,10H,1-2H3. The van der Waals surface area contributed by atoms with Crippen LogP contribution >= 0.6 is 8.58 Å². The molecule has 10 heavy (non-hydrogen) atoms. The fourth-order valence-corrected chi connectivity index (χ4v) is 1.52. The van der Waals surface area contributed by atoms with E-state index in [1.54, 1.807) is 6.07 Å². The van der Waals surface area contributed by atoms with Gasteiger partial charge in [-0.05, 0) is 25.7 Å². The van der Waals surface area contributed by atoms with Crippen LogP contribution in [0.5, 0.6) is 0 Å². The topological polar surface area (TPSA) is 0 Å². The Morgan fingerprint density at radius 3 is 2.60 bits per heavy atom. The molecule has 0 aliphatic carbocycles. The first kappa shape index (κ1) is 7.68. The van der Waals surface area contributed by atoms with Gasteiger partial charge in [-0.3, -0.25) is 0 Å². The third-order valence-corrected chi connectivity index (χ3v) is 2.31. The molecule has 0 aliphatic rings. The van der Waals surface area contributed by atoms with E-state index >= 15 is 0 Å². The predicted molar refractivity (Wildman–Crippen MR) is 45.0 cm³/mol. The average Bonchev–Trinajstić information content (AvgIpc) is 1.94. The van der Waals surface area contributed by atoms with Crippen LogP contribution in [0.25, 0.3) is 0 Å². The summed E-state index contributed by atoms with van der Waals surface area (Å²) in [6.45, 7) is 3.96. The number of halogens is 1. The van der Waals surface area contributed by atoms with Crippen LogP contribution in [0.2, 0.25) is 0 Å². The first-order valence-corrected chi connectivity index (χ1v) is 4.68. The van der Waals surface area contributed by atoms with Crippen molar-refractivity contribution in [2.45, 2.75) is 6.92 Å². The van der Waals surface area contributed by atoms with Crippen LogP contribution in [0, 0.1) is 12.7 Å². The summed E-state index contributed by atoms with van der Waals surface area (Å²) in [6.07, 6.45) is 0. The predicted octanol–water partition coefficient (Wildman–Crippen LogP) is 2.07. The molecule has 0 amide bonds. The molecule has 0 radical (unpaired) electrons. The van der Waals surface area contributed by atoms with Crippen LogP contribution in [-0.4, -0.2) is 6.66 Å². The Bertz CT molecular complexity index is 233.